The van der Waals surface area contributed by atoms with Gasteiger partial charge < -0.3 is 5.11 Å². The average Bonchev–Trinajstić information content (AvgIpc) is 2.65. The number of benzene rings is 1. The van der Waals surface area contributed by atoms with E-state index in [1.807, 2.05) is 54.3 Å². The Bertz CT molecular complexity index is 408. The molecule has 0 amide bonds. The van der Waals surface area contributed by atoms with Crippen LogP contribution < -0.4 is 4.57 Å². The molecule has 1 aromatic heterocycles. The summed E-state index contributed by atoms with van der Waals surface area (Å²) in [5.41, 5.74) is 0.894. The van der Waals surface area contributed by atoms with E-state index in [0.29, 0.717) is 0 Å². The number of nitrogens with one attached hydrogen (secondary N) is 1. The molecule has 0 radical (unpaired) electrons. The van der Waals surface area contributed by atoms with Crippen molar-refractivity contribution in [2.75, 3.05) is 0 Å². The van der Waals surface area contributed by atoms with Gasteiger partial charge in [0.25, 0.3) is 5.82 Å². The van der Waals surface area contributed by atoms with Crippen LogP contribution in [0.4, 0.5) is 0 Å². The Kier molecular flexibility index (Phi) is 2.33. The summed E-state index contributed by atoms with van der Waals surface area (Å²) < 4.78 is 1.87. The van der Waals surface area contributed by atoms with E-state index in [1.165, 1.54) is 0 Å². The third kappa shape index (κ3) is 1.54. The minimum atomic E-state index is -0.587. The molecule has 1 atom stereocenters. The van der Waals surface area contributed by atoms with Gasteiger partial charge in [0.15, 0.2) is 6.10 Å². The largest absolute Gasteiger partial charge is 0.376 e. The van der Waals surface area contributed by atoms with Crippen LogP contribution in [0, 0.1) is 0 Å². The quantitative estimate of drug-likeness (QED) is 0.678. The molecule has 0 unspecified atom stereocenters. The van der Waals surface area contributed by atoms with Gasteiger partial charge in [-0.25, -0.2) is 9.55 Å². The minimum Gasteiger partial charge on any atom is -0.376 e. The fourth-order valence-corrected chi connectivity index (χ4v) is 1.48. The number of rotatable bonds is 2. The lowest BCUT2D eigenvalue weighted by Gasteiger charge is -2.05. The first-order valence-corrected chi connectivity index (χ1v) is 4.55. The molecule has 0 bridgehead atoms. The van der Waals surface area contributed by atoms with Crippen LogP contribution >= 0.6 is 0 Å². The second kappa shape index (κ2) is 3.64. The van der Waals surface area contributed by atoms with Gasteiger partial charge in [0, 0.05) is 0 Å². The van der Waals surface area contributed by atoms with Crippen LogP contribution in [0.25, 0.3) is 0 Å². The summed E-state index contributed by atoms with van der Waals surface area (Å²) in [5.74, 6) is 0.788. The van der Waals surface area contributed by atoms with E-state index in [4.69, 9.17) is 0 Å². The molecule has 14 heavy (non-hydrogen) atoms. The molecule has 3 heteroatoms. The fraction of sp³-hybridized carbons (Fsp3) is 0.182. The zero-order valence-corrected chi connectivity index (χ0v) is 8.01. The molecule has 0 saturated heterocycles. The first-order chi connectivity index (χ1) is 6.79. The highest BCUT2D eigenvalue weighted by Gasteiger charge is 2.19. The third-order valence-corrected chi connectivity index (χ3v) is 2.28. The number of imidazole rings is 1. The molecule has 1 aromatic carbocycles. The molecule has 2 aromatic rings. The Morgan fingerprint density at radius 3 is 2.57 bits per heavy atom. The smallest absolute Gasteiger partial charge is 0.288 e. The zero-order chi connectivity index (χ0) is 9.97. The summed E-state index contributed by atoms with van der Waals surface area (Å²) in [5, 5.41) is 10.0. The zero-order valence-electron chi connectivity index (χ0n) is 8.01. The molecule has 0 saturated carbocycles. The highest BCUT2D eigenvalue weighted by Crippen LogP contribution is 2.16. The van der Waals surface area contributed by atoms with E-state index in [1.54, 1.807) is 0 Å². The van der Waals surface area contributed by atoms with E-state index >= 15 is 0 Å². The Morgan fingerprint density at radius 1 is 1.29 bits per heavy atom. The lowest BCUT2D eigenvalue weighted by Crippen LogP contribution is -2.32. The van der Waals surface area contributed by atoms with Gasteiger partial charge in [0.05, 0.1) is 7.05 Å². The van der Waals surface area contributed by atoms with Gasteiger partial charge in [-0.3, -0.25) is 0 Å². The molecule has 3 nitrogen and oxygen atoms in total. The highest BCUT2D eigenvalue weighted by atomic mass is 16.3. The maximum absolute atomic E-state index is 10.0. The molecule has 0 aliphatic heterocycles. The number of aryl methyl sites for hydroxylation is 1. The van der Waals surface area contributed by atoms with Gasteiger partial charge in [-0.15, -0.1) is 0 Å². The van der Waals surface area contributed by atoms with Crippen molar-refractivity contribution in [3.8, 4) is 0 Å². The van der Waals surface area contributed by atoms with E-state index < -0.39 is 6.10 Å². The second-order valence-corrected chi connectivity index (χ2v) is 3.27. The van der Waals surface area contributed by atoms with Crippen LogP contribution in [-0.4, -0.2) is 10.1 Å². The molecule has 2 N–H and O–H groups in total. The number of H-pyrrole nitrogens is 1. The minimum absolute atomic E-state index is 0.587. The van der Waals surface area contributed by atoms with Gasteiger partial charge in [-0.2, -0.15) is 0 Å². The van der Waals surface area contributed by atoms with Crippen LogP contribution in [0.3, 0.4) is 0 Å². The number of hydrogen-bond donors (Lipinski definition) is 2. The Morgan fingerprint density at radius 2 is 2.00 bits per heavy atom. The van der Waals surface area contributed by atoms with Crippen molar-refractivity contribution in [2.24, 2.45) is 7.05 Å². The fourth-order valence-electron chi connectivity index (χ4n) is 1.48. The summed E-state index contributed by atoms with van der Waals surface area (Å²) >= 11 is 0. The first-order valence-electron chi connectivity index (χ1n) is 4.55. The Labute approximate surface area is 82.7 Å². The second-order valence-electron chi connectivity index (χ2n) is 3.27. The monoisotopic (exact) mass is 189 g/mol. The van der Waals surface area contributed by atoms with Gasteiger partial charge in [-0.05, 0) is 5.56 Å². The predicted octanol–water partition coefficient (Wildman–Crippen LogP) is 0.921. The van der Waals surface area contributed by atoms with Crippen LogP contribution in [0.15, 0.2) is 42.7 Å². The number of aromatic amines is 1. The van der Waals surface area contributed by atoms with Crippen molar-refractivity contribution < 1.29 is 9.67 Å². The molecular formula is C11H13N2O+. The van der Waals surface area contributed by atoms with Gasteiger partial charge >= 0.3 is 0 Å². The SMILES string of the molecule is C[n+]1cc[nH]c1[C@@H](O)c1ccccc1. The van der Waals surface area contributed by atoms with Crippen LogP contribution in [0.5, 0.6) is 0 Å². The summed E-state index contributed by atoms with van der Waals surface area (Å²) in [6, 6.07) is 9.59. The van der Waals surface area contributed by atoms with Crippen LogP contribution in [0.2, 0.25) is 0 Å². The lowest BCUT2D eigenvalue weighted by atomic mass is 10.1. The van der Waals surface area contributed by atoms with Gasteiger partial charge in [0.2, 0.25) is 0 Å². The summed E-state index contributed by atoms with van der Waals surface area (Å²) in [4.78, 5) is 3.02. The summed E-state index contributed by atoms with van der Waals surface area (Å²) in [6.07, 6.45) is 3.10. The van der Waals surface area contributed by atoms with Crippen molar-refractivity contribution in [3.05, 3.63) is 54.1 Å². The third-order valence-electron chi connectivity index (χ3n) is 2.28. The van der Waals surface area contributed by atoms with Gasteiger partial charge in [-0.1, -0.05) is 30.3 Å². The molecule has 2 rings (SSSR count). The topological polar surface area (TPSA) is 39.9 Å². The van der Waals surface area contributed by atoms with E-state index in [0.717, 1.165) is 11.4 Å². The number of aliphatic hydroxyl groups is 1. The van der Waals surface area contributed by atoms with Crippen molar-refractivity contribution in [3.63, 3.8) is 0 Å². The van der Waals surface area contributed by atoms with E-state index in [2.05, 4.69) is 4.98 Å². The maximum Gasteiger partial charge on any atom is 0.288 e. The number of nitrogens with zero attached hydrogens (tertiary/aromatic N) is 1. The first kappa shape index (κ1) is 8.97. The van der Waals surface area contributed by atoms with Crippen molar-refractivity contribution in [1.82, 2.24) is 4.98 Å². The molecule has 0 aliphatic rings. The summed E-state index contributed by atoms with van der Waals surface area (Å²) in [7, 11) is 1.90. The molecule has 72 valence electrons. The Hall–Kier alpha value is -1.61. The lowest BCUT2D eigenvalue weighted by molar-refractivity contribution is -0.681. The molecule has 0 fully saturated rings. The van der Waals surface area contributed by atoms with Crippen molar-refractivity contribution in [2.45, 2.75) is 6.10 Å². The molecule has 0 spiro atoms. The molecular weight excluding hydrogens is 176 g/mol. The standard InChI is InChI=1S/C11H12N2O/c1-13-8-7-12-11(13)10(14)9-5-3-2-4-6-9/h2-8,10,14H,1H3/p+1/t10-/m0/s1. The van der Waals surface area contributed by atoms with Crippen LogP contribution in [-0.2, 0) is 7.05 Å². The van der Waals surface area contributed by atoms with E-state index in [9.17, 15) is 5.11 Å². The molecule has 1 heterocycles. The van der Waals surface area contributed by atoms with Gasteiger partial charge in [0.1, 0.15) is 12.4 Å². The maximum atomic E-state index is 10.0. The van der Waals surface area contributed by atoms with E-state index in [-0.39, 0.29) is 0 Å². The normalized spacial score (nSPS) is 12.7. The predicted molar refractivity (Wildman–Crippen MR) is 52.5 cm³/mol. The number of hydrogen-bond acceptors (Lipinski definition) is 1. The summed E-state index contributed by atoms with van der Waals surface area (Å²) in [6.45, 7) is 0. The highest BCUT2D eigenvalue weighted by molar-refractivity contribution is 5.20. The molecule has 0 aliphatic carbocycles. The van der Waals surface area contributed by atoms with Crippen molar-refractivity contribution >= 4 is 0 Å². The van der Waals surface area contributed by atoms with Crippen molar-refractivity contribution in [1.29, 1.82) is 0 Å². The number of aromatic nitrogens is 2. The Balaban J connectivity index is 2.34. The van der Waals surface area contributed by atoms with Crippen LogP contribution in [0.1, 0.15) is 17.5 Å². The number of aliphatic hydroxyl groups excluding tert-OH is 1. The average molecular weight is 189 g/mol.